The van der Waals surface area contributed by atoms with E-state index in [2.05, 4.69) is 30.0 Å². The van der Waals surface area contributed by atoms with Gasteiger partial charge in [-0.3, -0.25) is 4.79 Å². The lowest BCUT2D eigenvalue weighted by Crippen LogP contribution is -2.38. The molecular weight excluding hydrogens is 348 g/mol. The zero-order chi connectivity index (χ0) is 20.5. The molecule has 1 N–H and O–H groups in total. The van der Waals surface area contributed by atoms with Gasteiger partial charge in [0.15, 0.2) is 0 Å². The van der Waals surface area contributed by atoms with Crippen LogP contribution in [-0.2, 0) is 17.8 Å². The van der Waals surface area contributed by atoms with Crippen LogP contribution < -0.4 is 5.32 Å². The predicted molar refractivity (Wildman–Crippen MR) is 112 cm³/mol. The summed E-state index contributed by atoms with van der Waals surface area (Å²) in [6.45, 7) is 13.0. The number of rotatable bonds is 5. The molecule has 1 fully saturated rings. The van der Waals surface area contributed by atoms with Crippen LogP contribution in [0.2, 0.25) is 0 Å². The molecule has 5 heteroatoms. The van der Waals surface area contributed by atoms with Crippen molar-refractivity contribution in [3.05, 3.63) is 57.4 Å². The van der Waals surface area contributed by atoms with Crippen molar-refractivity contribution in [3.8, 4) is 6.07 Å². The van der Waals surface area contributed by atoms with Gasteiger partial charge >= 0.3 is 0 Å². The Hall–Kier alpha value is -2.87. The van der Waals surface area contributed by atoms with Gasteiger partial charge in [-0.05, 0) is 76.9 Å². The summed E-state index contributed by atoms with van der Waals surface area (Å²) in [5.41, 5.74) is 5.52. The summed E-state index contributed by atoms with van der Waals surface area (Å²) in [6, 6.07) is 7.90. The smallest absolute Gasteiger partial charge is 0.254 e. The largest absolute Gasteiger partial charge is 0.365 e. The van der Waals surface area contributed by atoms with Crippen molar-refractivity contribution in [1.82, 2.24) is 10.2 Å². The Labute approximate surface area is 167 Å². The summed E-state index contributed by atoms with van der Waals surface area (Å²) in [5, 5.41) is 12.5. The van der Waals surface area contributed by atoms with Gasteiger partial charge in [0.2, 0.25) is 0 Å². The molecule has 1 amide bonds. The van der Waals surface area contributed by atoms with Gasteiger partial charge in [0, 0.05) is 29.8 Å². The highest BCUT2D eigenvalue weighted by Gasteiger charge is 2.38. The molecule has 5 nitrogen and oxygen atoms in total. The van der Waals surface area contributed by atoms with E-state index in [1.54, 1.807) is 0 Å². The van der Waals surface area contributed by atoms with Crippen LogP contribution in [0.4, 0.5) is 0 Å². The van der Waals surface area contributed by atoms with Crippen molar-refractivity contribution in [1.29, 1.82) is 5.26 Å². The number of benzene rings is 1. The molecule has 1 aliphatic heterocycles. The highest BCUT2D eigenvalue weighted by molar-refractivity contribution is 5.98. The Morgan fingerprint density at radius 1 is 1.29 bits per heavy atom. The van der Waals surface area contributed by atoms with Crippen LogP contribution in [0, 0.1) is 11.3 Å². The number of carbonyl (C=O) groups is 1. The van der Waals surface area contributed by atoms with E-state index in [1.165, 1.54) is 0 Å². The average molecular weight is 377 g/mol. The summed E-state index contributed by atoms with van der Waals surface area (Å²) >= 11 is 0. The number of fused-ring (bicyclic) bond motifs is 1. The van der Waals surface area contributed by atoms with Crippen LogP contribution in [0.5, 0.6) is 0 Å². The molecule has 2 aliphatic rings. The second kappa shape index (κ2) is 7.63. The quantitative estimate of drug-likeness (QED) is 0.482. The third-order valence-electron chi connectivity index (χ3n) is 5.66. The van der Waals surface area contributed by atoms with Crippen LogP contribution in [-0.4, -0.2) is 29.6 Å². The fraction of sp³-hybridized carbons (Fsp3) is 0.435. The molecular formula is C23H28N4O. The SMILES string of the molecule is C=N/C(NC1(C)CC1)=C(\C)C(C(=O)N1CCc2cc(C#N)ccc2C1)=C(C)C. The van der Waals surface area contributed by atoms with Crippen LogP contribution in [0.25, 0.3) is 0 Å². The molecule has 146 valence electrons. The molecule has 0 atom stereocenters. The number of nitrogens with zero attached hydrogens (tertiary/aromatic N) is 3. The zero-order valence-corrected chi connectivity index (χ0v) is 17.2. The highest BCUT2D eigenvalue weighted by atomic mass is 16.2. The molecule has 0 aromatic heterocycles. The lowest BCUT2D eigenvalue weighted by atomic mass is 9.95. The second-order valence-corrected chi connectivity index (χ2v) is 8.26. The average Bonchev–Trinajstić information content (AvgIpc) is 3.42. The van der Waals surface area contributed by atoms with Gasteiger partial charge in [0.1, 0.15) is 5.82 Å². The van der Waals surface area contributed by atoms with Crippen molar-refractivity contribution >= 4 is 12.6 Å². The van der Waals surface area contributed by atoms with Crippen molar-refractivity contribution < 1.29 is 4.79 Å². The molecule has 3 rings (SSSR count). The topological polar surface area (TPSA) is 68.5 Å². The van der Waals surface area contributed by atoms with Gasteiger partial charge < -0.3 is 10.2 Å². The minimum atomic E-state index is 0.0245. The first-order valence-corrected chi connectivity index (χ1v) is 9.73. The standard InChI is InChI=1S/C23H28N4O/c1-15(2)20(16(3)21(25-5)26-23(4)9-10-23)22(28)27-11-8-18-12-17(13-24)6-7-19(18)14-27/h6-7,12,26H,5,8-11,14H2,1-4H3/b21-16-. The summed E-state index contributed by atoms with van der Waals surface area (Å²) in [4.78, 5) is 19.5. The van der Waals surface area contributed by atoms with E-state index in [9.17, 15) is 4.79 Å². The Kier molecular flexibility index (Phi) is 5.42. The number of carbonyl (C=O) groups excluding carboxylic acids is 1. The summed E-state index contributed by atoms with van der Waals surface area (Å²) in [6.07, 6.45) is 2.97. The van der Waals surface area contributed by atoms with E-state index < -0.39 is 0 Å². The first kappa shape index (κ1) is 19.9. The first-order valence-electron chi connectivity index (χ1n) is 9.73. The van der Waals surface area contributed by atoms with Gasteiger partial charge in [-0.25, -0.2) is 4.99 Å². The molecule has 1 aromatic carbocycles. The van der Waals surface area contributed by atoms with E-state index in [0.717, 1.165) is 41.5 Å². The number of amides is 1. The monoisotopic (exact) mass is 376 g/mol. The number of nitriles is 1. The maximum Gasteiger partial charge on any atom is 0.254 e. The zero-order valence-electron chi connectivity index (χ0n) is 17.2. The van der Waals surface area contributed by atoms with Crippen molar-refractivity contribution in [2.75, 3.05) is 6.54 Å². The fourth-order valence-electron chi connectivity index (χ4n) is 3.67. The van der Waals surface area contributed by atoms with Crippen molar-refractivity contribution in [2.24, 2.45) is 4.99 Å². The van der Waals surface area contributed by atoms with Crippen molar-refractivity contribution in [2.45, 2.75) is 59.0 Å². The molecule has 0 bridgehead atoms. The number of hydrogen-bond donors (Lipinski definition) is 1. The van der Waals surface area contributed by atoms with Gasteiger partial charge in [0.05, 0.1) is 11.6 Å². The fourth-order valence-corrected chi connectivity index (χ4v) is 3.67. The molecule has 0 saturated heterocycles. The molecule has 0 radical (unpaired) electrons. The van der Waals surface area contributed by atoms with Crippen LogP contribution >= 0.6 is 0 Å². The first-order chi connectivity index (χ1) is 13.3. The molecule has 28 heavy (non-hydrogen) atoms. The maximum absolute atomic E-state index is 13.4. The molecule has 1 aromatic rings. The Bertz CT molecular complexity index is 924. The number of aliphatic imine (C=N–C) groups is 1. The lowest BCUT2D eigenvalue weighted by molar-refractivity contribution is -0.127. The van der Waals surface area contributed by atoms with E-state index >= 15 is 0 Å². The molecule has 0 unspecified atom stereocenters. The number of nitrogens with one attached hydrogen (secondary N) is 1. The highest BCUT2D eigenvalue weighted by Crippen LogP contribution is 2.36. The lowest BCUT2D eigenvalue weighted by Gasteiger charge is -2.31. The number of hydrogen-bond acceptors (Lipinski definition) is 4. The molecule has 1 saturated carbocycles. The summed E-state index contributed by atoms with van der Waals surface area (Å²) < 4.78 is 0. The van der Waals surface area contributed by atoms with E-state index in [4.69, 9.17) is 5.26 Å². The molecule has 1 heterocycles. The molecule has 1 aliphatic carbocycles. The van der Waals surface area contributed by atoms with Crippen LogP contribution in [0.3, 0.4) is 0 Å². The van der Waals surface area contributed by atoms with Gasteiger partial charge in [-0.1, -0.05) is 11.6 Å². The van der Waals surface area contributed by atoms with E-state index in [1.807, 2.05) is 43.9 Å². The Morgan fingerprint density at radius 2 is 2.00 bits per heavy atom. The Balaban J connectivity index is 1.87. The number of allylic oxidation sites excluding steroid dienone is 1. The molecule has 0 spiro atoms. The van der Waals surface area contributed by atoms with Gasteiger partial charge in [-0.2, -0.15) is 5.26 Å². The third-order valence-corrected chi connectivity index (χ3v) is 5.66. The minimum absolute atomic E-state index is 0.0245. The van der Waals surface area contributed by atoms with Gasteiger partial charge in [0.25, 0.3) is 5.91 Å². The van der Waals surface area contributed by atoms with Crippen molar-refractivity contribution in [3.63, 3.8) is 0 Å². The van der Waals surface area contributed by atoms with Gasteiger partial charge in [-0.15, -0.1) is 0 Å². The minimum Gasteiger partial charge on any atom is -0.365 e. The summed E-state index contributed by atoms with van der Waals surface area (Å²) in [5.74, 6) is 0.719. The van der Waals surface area contributed by atoms with E-state index in [0.29, 0.717) is 30.0 Å². The van der Waals surface area contributed by atoms with Crippen LogP contribution in [0.15, 0.2) is 45.7 Å². The van der Waals surface area contributed by atoms with Crippen LogP contribution in [0.1, 0.15) is 57.2 Å². The predicted octanol–water partition coefficient (Wildman–Crippen LogP) is 3.85. The third kappa shape index (κ3) is 4.01. The maximum atomic E-state index is 13.4. The van der Waals surface area contributed by atoms with E-state index in [-0.39, 0.29) is 11.4 Å². The summed E-state index contributed by atoms with van der Waals surface area (Å²) in [7, 11) is 0. The Morgan fingerprint density at radius 3 is 2.57 bits per heavy atom. The normalized spacial score (nSPS) is 17.6. The second-order valence-electron chi connectivity index (χ2n) is 8.26.